The molecule has 2 N–H and O–H groups in total. The van der Waals surface area contributed by atoms with Crippen molar-refractivity contribution in [3.63, 3.8) is 0 Å². The molecule has 4 aliphatic rings. The van der Waals surface area contributed by atoms with Crippen molar-refractivity contribution in [2.45, 2.75) is 63.6 Å². The molecule has 0 aromatic heterocycles. The third kappa shape index (κ3) is 4.60. The van der Waals surface area contributed by atoms with Gasteiger partial charge in [0, 0.05) is 41.7 Å². The highest BCUT2D eigenvalue weighted by Gasteiger charge is 2.49. The molecule has 2 aliphatic carbocycles. The van der Waals surface area contributed by atoms with E-state index in [9.17, 15) is 9.59 Å². The topological polar surface area (TPSA) is 61.4 Å². The van der Waals surface area contributed by atoms with Gasteiger partial charge in [0.2, 0.25) is 5.91 Å². The number of amides is 2. The molecule has 192 valence electrons. The third-order valence-electron chi connectivity index (χ3n) is 8.98. The minimum Gasteiger partial charge on any atom is -0.381 e. The molecule has 2 amide bonds. The molecule has 1 saturated heterocycles. The summed E-state index contributed by atoms with van der Waals surface area (Å²) in [6, 6.07) is 16.5. The van der Waals surface area contributed by atoms with Crippen LogP contribution in [0.2, 0.25) is 0 Å². The summed E-state index contributed by atoms with van der Waals surface area (Å²) in [5.74, 6) is 0.783. The van der Waals surface area contributed by atoms with Gasteiger partial charge >= 0.3 is 0 Å². The number of rotatable bonds is 4. The number of likely N-dealkylation sites (tertiary alicyclic amines) is 1. The van der Waals surface area contributed by atoms with Crippen molar-refractivity contribution < 1.29 is 9.59 Å². The first-order valence-electron chi connectivity index (χ1n) is 14.0. The zero-order valence-electron chi connectivity index (χ0n) is 21.6. The Morgan fingerprint density at radius 2 is 1.78 bits per heavy atom. The van der Waals surface area contributed by atoms with Crippen LogP contribution in [0.4, 0.5) is 5.69 Å². The fraction of sp³-hybridized carbons (Fsp3) is 0.438. The number of fused-ring (bicyclic) bond motifs is 3. The summed E-state index contributed by atoms with van der Waals surface area (Å²) in [4.78, 5) is 29.5. The van der Waals surface area contributed by atoms with Crippen molar-refractivity contribution in [1.82, 2.24) is 10.2 Å². The Balaban J connectivity index is 1.25. The second kappa shape index (κ2) is 10.2. The van der Waals surface area contributed by atoms with Crippen molar-refractivity contribution in [3.8, 4) is 0 Å². The number of anilines is 1. The standard InChI is InChI=1S/C32H37N3O2/c1-21-15-17-23(18-16-21)31(36)34-28-14-8-6-12-25(28)32(37)35-20-19-26-29(22-9-3-2-4-10-22)33-27-13-7-5-11-24(27)30(26)35/h2-5,7,9,11,13,15-18,22,25-26,28-30,33H,6,8,10,12,14,19-20H2,1H3,(H,34,36)/t22?,25-,26+,28+,29-,30-/m0/s1. The van der Waals surface area contributed by atoms with Crippen LogP contribution in [0, 0.1) is 24.7 Å². The molecule has 0 bridgehead atoms. The average Bonchev–Trinajstić information content (AvgIpc) is 3.39. The number of nitrogens with one attached hydrogen (secondary N) is 2. The van der Waals surface area contributed by atoms with Gasteiger partial charge in [-0.2, -0.15) is 0 Å². The van der Waals surface area contributed by atoms with Crippen LogP contribution in [0.25, 0.3) is 0 Å². The Morgan fingerprint density at radius 3 is 2.59 bits per heavy atom. The molecule has 37 heavy (non-hydrogen) atoms. The van der Waals surface area contributed by atoms with E-state index in [0.717, 1.165) is 56.3 Å². The van der Waals surface area contributed by atoms with E-state index >= 15 is 0 Å². The molecule has 2 aromatic carbocycles. The molecule has 5 heteroatoms. The monoisotopic (exact) mass is 495 g/mol. The number of aryl methyl sites for hydroxylation is 1. The maximum absolute atomic E-state index is 14.3. The van der Waals surface area contributed by atoms with E-state index in [0.29, 0.717) is 23.4 Å². The van der Waals surface area contributed by atoms with Crippen molar-refractivity contribution in [2.75, 3.05) is 11.9 Å². The van der Waals surface area contributed by atoms with Gasteiger partial charge in [0.05, 0.1) is 12.0 Å². The van der Waals surface area contributed by atoms with E-state index in [2.05, 4.69) is 64.1 Å². The lowest BCUT2D eigenvalue weighted by Crippen LogP contribution is -2.51. The van der Waals surface area contributed by atoms with Crippen LogP contribution < -0.4 is 10.6 Å². The highest BCUT2D eigenvalue weighted by molar-refractivity contribution is 5.95. The maximum Gasteiger partial charge on any atom is 0.251 e. The van der Waals surface area contributed by atoms with Gasteiger partial charge in [-0.1, -0.05) is 73.0 Å². The van der Waals surface area contributed by atoms with Crippen molar-refractivity contribution in [3.05, 3.63) is 89.5 Å². The maximum atomic E-state index is 14.3. The van der Waals surface area contributed by atoms with Gasteiger partial charge in [-0.3, -0.25) is 9.59 Å². The Kier molecular flexibility index (Phi) is 6.62. The number of carbonyl (C=O) groups excluding carboxylic acids is 2. The molecule has 5 nitrogen and oxygen atoms in total. The van der Waals surface area contributed by atoms with Crippen LogP contribution in [0.15, 0.2) is 72.8 Å². The lowest BCUT2D eigenvalue weighted by Gasteiger charge is -2.44. The molecular formula is C32H37N3O2. The summed E-state index contributed by atoms with van der Waals surface area (Å²) in [5.41, 5.74) is 4.18. The van der Waals surface area contributed by atoms with Crippen LogP contribution >= 0.6 is 0 Å². The summed E-state index contributed by atoms with van der Waals surface area (Å²) < 4.78 is 0. The van der Waals surface area contributed by atoms with Gasteiger partial charge in [-0.05, 0) is 56.4 Å². The van der Waals surface area contributed by atoms with Crippen molar-refractivity contribution >= 4 is 17.5 Å². The SMILES string of the molecule is Cc1ccc(C(=O)N[C@@H]2CCCC[C@@H]2C(=O)N2CC[C@@H]3[C@H](C4C=CC=CC4)Nc4ccccc4[C@@H]32)cc1. The smallest absolute Gasteiger partial charge is 0.251 e. The molecule has 6 rings (SSSR count). The number of para-hydroxylation sites is 1. The molecule has 6 atom stereocenters. The van der Waals surface area contributed by atoms with Gasteiger partial charge in [0.1, 0.15) is 0 Å². The van der Waals surface area contributed by atoms with Gasteiger partial charge in [-0.25, -0.2) is 0 Å². The van der Waals surface area contributed by atoms with Crippen molar-refractivity contribution in [2.24, 2.45) is 17.8 Å². The quantitative estimate of drug-likeness (QED) is 0.564. The summed E-state index contributed by atoms with van der Waals surface area (Å²) in [7, 11) is 0. The van der Waals surface area contributed by atoms with Crippen LogP contribution in [0.5, 0.6) is 0 Å². The van der Waals surface area contributed by atoms with Gasteiger partial charge in [-0.15, -0.1) is 0 Å². The first-order chi connectivity index (χ1) is 18.1. The number of hydrogen-bond donors (Lipinski definition) is 2. The zero-order chi connectivity index (χ0) is 25.4. The van der Waals surface area contributed by atoms with E-state index in [-0.39, 0.29) is 29.8 Å². The molecule has 2 aliphatic heterocycles. The fourth-order valence-corrected chi connectivity index (χ4v) is 7.07. The number of allylic oxidation sites excluding steroid dienone is 3. The van der Waals surface area contributed by atoms with Gasteiger partial charge < -0.3 is 15.5 Å². The minimum atomic E-state index is -0.167. The van der Waals surface area contributed by atoms with E-state index in [1.165, 1.54) is 5.56 Å². The Hall–Kier alpha value is -3.34. The van der Waals surface area contributed by atoms with Crippen molar-refractivity contribution in [1.29, 1.82) is 0 Å². The van der Waals surface area contributed by atoms with E-state index in [1.54, 1.807) is 0 Å². The normalized spacial score (nSPS) is 30.2. The molecule has 2 heterocycles. The molecule has 2 fully saturated rings. The zero-order valence-corrected chi connectivity index (χ0v) is 21.6. The van der Waals surface area contributed by atoms with Gasteiger partial charge in [0.15, 0.2) is 0 Å². The van der Waals surface area contributed by atoms with Gasteiger partial charge in [0.25, 0.3) is 5.91 Å². The lowest BCUT2D eigenvalue weighted by atomic mass is 9.75. The predicted octanol–water partition coefficient (Wildman–Crippen LogP) is 5.80. The van der Waals surface area contributed by atoms with E-state index in [1.807, 2.05) is 31.2 Å². The highest BCUT2D eigenvalue weighted by Crippen LogP contribution is 2.49. The van der Waals surface area contributed by atoms with Crippen LogP contribution in [-0.2, 0) is 4.79 Å². The third-order valence-corrected chi connectivity index (χ3v) is 8.98. The van der Waals surface area contributed by atoms with E-state index in [4.69, 9.17) is 0 Å². The second-order valence-corrected chi connectivity index (χ2v) is 11.2. The summed E-state index contributed by atoms with van der Waals surface area (Å²) >= 11 is 0. The van der Waals surface area contributed by atoms with Crippen LogP contribution in [-0.4, -0.2) is 35.3 Å². The molecule has 0 radical (unpaired) electrons. The van der Waals surface area contributed by atoms with Crippen LogP contribution in [0.1, 0.15) is 66.1 Å². The Bertz CT molecular complexity index is 1220. The fourth-order valence-electron chi connectivity index (χ4n) is 7.07. The first-order valence-corrected chi connectivity index (χ1v) is 14.0. The van der Waals surface area contributed by atoms with E-state index < -0.39 is 0 Å². The number of hydrogen-bond acceptors (Lipinski definition) is 3. The molecular weight excluding hydrogens is 458 g/mol. The molecule has 2 aromatic rings. The molecule has 1 unspecified atom stereocenters. The predicted molar refractivity (Wildman–Crippen MR) is 147 cm³/mol. The second-order valence-electron chi connectivity index (χ2n) is 11.2. The first kappa shape index (κ1) is 24.0. The largest absolute Gasteiger partial charge is 0.381 e. The Labute approximate surface area is 220 Å². The highest BCUT2D eigenvalue weighted by atomic mass is 16.2. The number of nitrogens with zero attached hydrogens (tertiary/aromatic N) is 1. The number of benzene rings is 2. The molecule has 1 saturated carbocycles. The summed E-state index contributed by atoms with van der Waals surface area (Å²) in [6.07, 6.45) is 14.7. The lowest BCUT2D eigenvalue weighted by molar-refractivity contribution is -0.139. The summed E-state index contributed by atoms with van der Waals surface area (Å²) in [5, 5.41) is 7.10. The minimum absolute atomic E-state index is 0.0755. The van der Waals surface area contributed by atoms with Crippen LogP contribution in [0.3, 0.4) is 0 Å². The average molecular weight is 496 g/mol. The molecule has 0 spiro atoms. The Morgan fingerprint density at radius 1 is 0.973 bits per heavy atom. The number of carbonyl (C=O) groups is 2. The summed E-state index contributed by atoms with van der Waals surface area (Å²) in [6.45, 7) is 2.80.